The monoisotopic (exact) mass is 505 g/mol. The number of carbonyl (C=O) groups is 1. The third-order valence-corrected chi connectivity index (χ3v) is 5.72. The number of rotatable bonds is 6. The van der Waals surface area contributed by atoms with Gasteiger partial charge in [0.25, 0.3) is 0 Å². The second kappa shape index (κ2) is 12.5. The SMILES string of the molecule is O=C(O)C(F)(F)F.OC1CCN(c2ccc(CNCc3ccc(-c4ccncc4)cc3F)cc2)CC1. The minimum atomic E-state index is -5.08. The molecule has 1 fully saturated rings. The standard InChI is InChI=1S/C24H26FN3O.C2HF3O2/c25-24-15-20(19-7-11-26-12-8-19)3-4-21(24)17-27-16-18-1-5-22(6-2-18)28-13-9-23(29)10-14-28;3-2(4,5)1(6)7/h1-8,11-12,15,23,27,29H,9-10,13-14,16-17H2;(H,6,7). The quantitative estimate of drug-likeness (QED) is 0.419. The molecule has 0 spiro atoms. The Kier molecular flexibility index (Phi) is 9.38. The maximum Gasteiger partial charge on any atom is 0.490 e. The maximum absolute atomic E-state index is 14.5. The number of piperidine rings is 1. The van der Waals surface area contributed by atoms with Crippen molar-refractivity contribution in [3.05, 3.63) is 83.9 Å². The van der Waals surface area contributed by atoms with Gasteiger partial charge >= 0.3 is 12.1 Å². The molecular formula is C26H27F4N3O3. The Hall–Kier alpha value is -3.50. The van der Waals surface area contributed by atoms with Gasteiger partial charge in [-0.25, -0.2) is 9.18 Å². The fraction of sp³-hybridized carbons (Fsp3) is 0.308. The molecule has 3 N–H and O–H groups in total. The van der Waals surface area contributed by atoms with Gasteiger partial charge < -0.3 is 20.4 Å². The van der Waals surface area contributed by atoms with Crippen molar-refractivity contribution in [3.8, 4) is 11.1 Å². The summed E-state index contributed by atoms with van der Waals surface area (Å²) < 4.78 is 46.2. The number of carboxylic acid groups (broad SMARTS) is 1. The summed E-state index contributed by atoms with van der Waals surface area (Å²) >= 11 is 0. The number of alkyl halides is 3. The van der Waals surface area contributed by atoms with Gasteiger partial charge in [0.1, 0.15) is 5.82 Å². The number of anilines is 1. The largest absolute Gasteiger partial charge is 0.490 e. The number of aromatic nitrogens is 1. The number of carboxylic acids is 1. The highest BCUT2D eigenvalue weighted by atomic mass is 19.4. The zero-order valence-electron chi connectivity index (χ0n) is 19.4. The predicted molar refractivity (Wildman–Crippen MR) is 128 cm³/mol. The van der Waals surface area contributed by atoms with Crippen LogP contribution >= 0.6 is 0 Å². The molecule has 1 saturated heterocycles. The van der Waals surface area contributed by atoms with E-state index < -0.39 is 12.1 Å². The number of aliphatic hydroxyl groups excluding tert-OH is 1. The molecule has 36 heavy (non-hydrogen) atoms. The van der Waals surface area contributed by atoms with Crippen LogP contribution in [0, 0.1) is 5.82 Å². The number of aliphatic carboxylic acids is 1. The Morgan fingerprint density at radius 2 is 1.58 bits per heavy atom. The highest BCUT2D eigenvalue weighted by Gasteiger charge is 2.38. The number of aliphatic hydroxyl groups is 1. The van der Waals surface area contributed by atoms with Crippen LogP contribution in [0.5, 0.6) is 0 Å². The van der Waals surface area contributed by atoms with E-state index in [0.717, 1.165) is 37.1 Å². The number of nitrogens with zero attached hydrogens (tertiary/aromatic N) is 2. The Morgan fingerprint density at radius 1 is 0.972 bits per heavy atom. The second-order valence-electron chi connectivity index (χ2n) is 8.33. The first kappa shape index (κ1) is 27.1. The summed E-state index contributed by atoms with van der Waals surface area (Å²) in [6.45, 7) is 2.96. The Morgan fingerprint density at radius 3 is 2.14 bits per heavy atom. The van der Waals surface area contributed by atoms with E-state index in [2.05, 4.69) is 39.5 Å². The molecular weight excluding hydrogens is 478 g/mol. The molecule has 0 bridgehead atoms. The van der Waals surface area contributed by atoms with Gasteiger partial charge in [-0.05, 0) is 59.9 Å². The molecule has 1 aromatic heterocycles. The topological polar surface area (TPSA) is 85.7 Å². The minimum Gasteiger partial charge on any atom is -0.475 e. The van der Waals surface area contributed by atoms with Crippen LogP contribution < -0.4 is 10.2 Å². The molecule has 2 aromatic carbocycles. The highest BCUT2D eigenvalue weighted by molar-refractivity contribution is 5.73. The van der Waals surface area contributed by atoms with Crippen molar-refractivity contribution in [2.45, 2.75) is 38.2 Å². The van der Waals surface area contributed by atoms with Crippen LogP contribution in [-0.2, 0) is 17.9 Å². The molecule has 0 atom stereocenters. The van der Waals surface area contributed by atoms with E-state index in [1.54, 1.807) is 18.5 Å². The number of hydrogen-bond donors (Lipinski definition) is 3. The van der Waals surface area contributed by atoms with E-state index in [4.69, 9.17) is 9.90 Å². The van der Waals surface area contributed by atoms with Crippen LogP contribution in [0.3, 0.4) is 0 Å². The van der Waals surface area contributed by atoms with E-state index in [0.29, 0.717) is 18.7 Å². The predicted octanol–water partition coefficient (Wildman–Crippen LogP) is 4.77. The lowest BCUT2D eigenvalue weighted by atomic mass is 10.0. The van der Waals surface area contributed by atoms with E-state index >= 15 is 0 Å². The molecule has 10 heteroatoms. The average molecular weight is 506 g/mol. The molecule has 192 valence electrons. The number of pyridine rings is 1. The Bertz CT molecular complexity index is 1120. The van der Waals surface area contributed by atoms with Crippen molar-refractivity contribution < 1.29 is 32.6 Å². The van der Waals surface area contributed by atoms with Crippen LogP contribution in [0.15, 0.2) is 67.0 Å². The van der Waals surface area contributed by atoms with Crippen molar-refractivity contribution in [1.82, 2.24) is 10.3 Å². The molecule has 2 heterocycles. The van der Waals surface area contributed by atoms with E-state index in [1.165, 1.54) is 11.3 Å². The number of hydrogen-bond acceptors (Lipinski definition) is 5. The van der Waals surface area contributed by atoms with Crippen LogP contribution in [0.25, 0.3) is 11.1 Å². The molecule has 0 radical (unpaired) electrons. The fourth-order valence-electron chi connectivity index (χ4n) is 3.70. The van der Waals surface area contributed by atoms with Crippen molar-refractivity contribution in [3.63, 3.8) is 0 Å². The molecule has 0 amide bonds. The third kappa shape index (κ3) is 8.03. The van der Waals surface area contributed by atoms with Crippen molar-refractivity contribution >= 4 is 11.7 Å². The van der Waals surface area contributed by atoms with Crippen molar-refractivity contribution in [1.29, 1.82) is 0 Å². The lowest BCUT2D eigenvalue weighted by molar-refractivity contribution is -0.192. The molecule has 1 aliphatic heterocycles. The van der Waals surface area contributed by atoms with Crippen molar-refractivity contribution in [2.24, 2.45) is 0 Å². The Labute approximate surface area is 206 Å². The summed E-state index contributed by atoms with van der Waals surface area (Å²) in [4.78, 5) is 15.2. The van der Waals surface area contributed by atoms with E-state index in [-0.39, 0.29) is 11.9 Å². The number of nitrogens with one attached hydrogen (secondary N) is 1. The molecule has 0 unspecified atom stereocenters. The molecule has 0 saturated carbocycles. The van der Waals surface area contributed by atoms with E-state index in [9.17, 15) is 22.7 Å². The summed E-state index contributed by atoms with van der Waals surface area (Å²) in [5.74, 6) is -2.96. The van der Waals surface area contributed by atoms with Crippen LogP contribution in [0.2, 0.25) is 0 Å². The zero-order chi connectivity index (χ0) is 26.1. The van der Waals surface area contributed by atoms with Crippen molar-refractivity contribution in [2.75, 3.05) is 18.0 Å². The van der Waals surface area contributed by atoms with Crippen LogP contribution in [0.4, 0.5) is 23.2 Å². The lowest BCUT2D eigenvalue weighted by Crippen LogP contribution is -2.35. The molecule has 4 rings (SSSR count). The van der Waals surface area contributed by atoms with Gasteiger partial charge in [0, 0.05) is 49.8 Å². The molecule has 6 nitrogen and oxygen atoms in total. The first-order valence-electron chi connectivity index (χ1n) is 11.3. The maximum atomic E-state index is 14.5. The summed E-state index contributed by atoms with van der Waals surface area (Å²) in [6, 6.07) is 17.6. The second-order valence-corrected chi connectivity index (χ2v) is 8.33. The summed E-state index contributed by atoms with van der Waals surface area (Å²) in [7, 11) is 0. The third-order valence-electron chi connectivity index (χ3n) is 5.72. The average Bonchev–Trinajstić information content (AvgIpc) is 2.86. The van der Waals surface area contributed by atoms with Gasteiger partial charge in [0.15, 0.2) is 0 Å². The smallest absolute Gasteiger partial charge is 0.475 e. The first-order chi connectivity index (χ1) is 17.1. The minimum absolute atomic E-state index is 0.158. The van der Waals surface area contributed by atoms with Gasteiger partial charge in [0.2, 0.25) is 0 Å². The normalized spacial score (nSPS) is 14.2. The Balaban J connectivity index is 0.000000454. The first-order valence-corrected chi connectivity index (χ1v) is 11.3. The fourth-order valence-corrected chi connectivity index (χ4v) is 3.70. The van der Waals surface area contributed by atoms with Gasteiger partial charge in [-0.1, -0.05) is 24.3 Å². The van der Waals surface area contributed by atoms with E-state index in [1.807, 2.05) is 24.3 Å². The van der Waals surface area contributed by atoms with Gasteiger partial charge in [-0.3, -0.25) is 4.98 Å². The number of benzene rings is 2. The van der Waals surface area contributed by atoms with Gasteiger partial charge in [0.05, 0.1) is 6.10 Å². The number of halogens is 4. The van der Waals surface area contributed by atoms with Crippen LogP contribution in [-0.4, -0.2) is 46.5 Å². The molecule has 3 aromatic rings. The summed E-state index contributed by atoms with van der Waals surface area (Å²) in [5, 5.41) is 20.1. The molecule has 0 aliphatic carbocycles. The lowest BCUT2D eigenvalue weighted by Gasteiger charge is -2.31. The van der Waals surface area contributed by atoms with Crippen LogP contribution in [0.1, 0.15) is 24.0 Å². The summed E-state index contributed by atoms with van der Waals surface area (Å²) in [6.07, 6.45) is -0.164. The van der Waals surface area contributed by atoms with Gasteiger partial charge in [-0.2, -0.15) is 13.2 Å². The zero-order valence-corrected chi connectivity index (χ0v) is 19.4. The highest BCUT2D eigenvalue weighted by Crippen LogP contribution is 2.22. The van der Waals surface area contributed by atoms with Gasteiger partial charge in [-0.15, -0.1) is 0 Å². The molecule has 1 aliphatic rings. The summed E-state index contributed by atoms with van der Waals surface area (Å²) in [5.41, 5.74) is 4.83.